The summed E-state index contributed by atoms with van der Waals surface area (Å²) in [5, 5.41) is 1.68. The molecule has 0 atom stereocenters. The van der Waals surface area contributed by atoms with Crippen molar-refractivity contribution in [2.75, 3.05) is 13.1 Å². The molecule has 74 valence electrons. The first-order valence-corrected chi connectivity index (χ1v) is 4.53. The van der Waals surface area contributed by atoms with Crippen molar-refractivity contribution in [1.29, 1.82) is 0 Å². The molecule has 3 heteroatoms. The second-order valence-corrected chi connectivity index (χ2v) is 4.47. The summed E-state index contributed by atoms with van der Waals surface area (Å²) in [6.07, 6.45) is 1.89. The Kier molecular flexibility index (Phi) is 2.76. The SMILES string of the molecule is C=CC1CN(OC(=O)C(C)(C)C)C1. The number of hydroxylamine groups is 2. The van der Waals surface area contributed by atoms with Crippen LogP contribution in [0.4, 0.5) is 0 Å². The van der Waals surface area contributed by atoms with Crippen LogP contribution in [0.3, 0.4) is 0 Å². The molecule has 1 aliphatic rings. The van der Waals surface area contributed by atoms with Gasteiger partial charge >= 0.3 is 5.97 Å². The molecule has 1 aliphatic heterocycles. The van der Waals surface area contributed by atoms with E-state index in [9.17, 15) is 4.79 Å². The molecule has 3 nitrogen and oxygen atoms in total. The van der Waals surface area contributed by atoms with Crippen molar-refractivity contribution < 1.29 is 9.63 Å². The monoisotopic (exact) mass is 183 g/mol. The largest absolute Gasteiger partial charge is 0.367 e. The molecule has 0 bridgehead atoms. The fourth-order valence-electron chi connectivity index (χ4n) is 0.947. The van der Waals surface area contributed by atoms with Gasteiger partial charge in [0.1, 0.15) is 0 Å². The van der Waals surface area contributed by atoms with Crippen molar-refractivity contribution in [3.05, 3.63) is 12.7 Å². The summed E-state index contributed by atoms with van der Waals surface area (Å²) in [7, 11) is 0. The zero-order chi connectivity index (χ0) is 10.1. The maximum absolute atomic E-state index is 11.4. The lowest BCUT2D eigenvalue weighted by atomic mass is 9.97. The van der Waals surface area contributed by atoms with Gasteiger partial charge in [0, 0.05) is 19.0 Å². The van der Waals surface area contributed by atoms with Crippen molar-refractivity contribution in [1.82, 2.24) is 5.06 Å². The quantitative estimate of drug-likeness (QED) is 0.609. The van der Waals surface area contributed by atoms with E-state index in [0.29, 0.717) is 5.92 Å². The molecule has 1 heterocycles. The summed E-state index contributed by atoms with van der Waals surface area (Å²) in [4.78, 5) is 16.5. The fraction of sp³-hybridized carbons (Fsp3) is 0.700. The molecule has 1 fully saturated rings. The summed E-state index contributed by atoms with van der Waals surface area (Å²) in [6.45, 7) is 10.8. The minimum atomic E-state index is -0.417. The van der Waals surface area contributed by atoms with Crippen LogP contribution < -0.4 is 0 Å². The molecule has 0 aromatic heterocycles. The van der Waals surface area contributed by atoms with Gasteiger partial charge in [-0.25, -0.2) is 4.79 Å². The van der Waals surface area contributed by atoms with Crippen LogP contribution in [-0.4, -0.2) is 24.1 Å². The zero-order valence-corrected chi connectivity index (χ0v) is 8.54. The molecule has 0 aromatic rings. The number of hydrogen-bond donors (Lipinski definition) is 0. The van der Waals surface area contributed by atoms with Gasteiger partial charge in [-0.15, -0.1) is 11.6 Å². The minimum absolute atomic E-state index is 0.171. The lowest BCUT2D eigenvalue weighted by Crippen LogP contribution is -2.48. The molecular weight excluding hydrogens is 166 g/mol. The first-order valence-electron chi connectivity index (χ1n) is 4.53. The van der Waals surface area contributed by atoms with Crippen molar-refractivity contribution >= 4 is 5.97 Å². The first kappa shape index (κ1) is 10.3. The predicted molar refractivity (Wildman–Crippen MR) is 50.8 cm³/mol. The van der Waals surface area contributed by atoms with Crippen LogP contribution in [0.15, 0.2) is 12.7 Å². The van der Waals surface area contributed by atoms with E-state index in [-0.39, 0.29) is 5.97 Å². The molecule has 0 amide bonds. The summed E-state index contributed by atoms with van der Waals surface area (Å²) in [5.74, 6) is 0.308. The van der Waals surface area contributed by atoms with Gasteiger partial charge in [-0.3, -0.25) is 0 Å². The highest BCUT2D eigenvalue weighted by Crippen LogP contribution is 2.21. The summed E-state index contributed by atoms with van der Waals surface area (Å²) in [5.41, 5.74) is -0.417. The van der Waals surface area contributed by atoms with Gasteiger partial charge in [0.15, 0.2) is 0 Å². The number of carbonyl (C=O) groups excluding carboxylic acids is 1. The Balaban J connectivity index is 2.28. The van der Waals surface area contributed by atoms with E-state index >= 15 is 0 Å². The molecule has 0 aromatic carbocycles. The number of nitrogens with zero attached hydrogens (tertiary/aromatic N) is 1. The Morgan fingerprint density at radius 2 is 2.08 bits per heavy atom. The van der Waals surface area contributed by atoms with E-state index in [0.717, 1.165) is 13.1 Å². The highest BCUT2D eigenvalue weighted by Gasteiger charge is 2.31. The van der Waals surface area contributed by atoms with Crippen LogP contribution in [0, 0.1) is 11.3 Å². The van der Waals surface area contributed by atoms with Crippen molar-refractivity contribution in [3.8, 4) is 0 Å². The topological polar surface area (TPSA) is 29.5 Å². The molecule has 0 aliphatic carbocycles. The van der Waals surface area contributed by atoms with E-state index in [1.165, 1.54) is 0 Å². The maximum Gasteiger partial charge on any atom is 0.330 e. The lowest BCUT2D eigenvalue weighted by molar-refractivity contribution is -0.224. The summed E-state index contributed by atoms with van der Waals surface area (Å²) < 4.78 is 0. The van der Waals surface area contributed by atoms with Gasteiger partial charge in [-0.05, 0) is 20.8 Å². The highest BCUT2D eigenvalue weighted by atomic mass is 16.7. The van der Waals surface area contributed by atoms with E-state index in [1.54, 1.807) is 5.06 Å². The molecule has 1 rings (SSSR count). The number of carbonyl (C=O) groups is 1. The van der Waals surface area contributed by atoms with E-state index in [4.69, 9.17) is 4.84 Å². The van der Waals surface area contributed by atoms with Crippen LogP contribution in [0.1, 0.15) is 20.8 Å². The standard InChI is InChI=1S/C10H17NO2/c1-5-8-6-11(7-8)13-9(12)10(2,3)4/h5,8H,1,6-7H2,2-4H3. The van der Waals surface area contributed by atoms with Crippen molar-refractivity contribution in [3.63, 3.8) is 0 Å². The summed E-state index contributed by atoms with van der Waals surface area (Å²) >= 11 is 0. The van der Waals surface area contributed by atoms with Crippen LogP contribution >= 0.6 is 0 Å². The highest BCUT2D eigenvalue weighted by molar-refractivity contribution is 5.75. The van der Waals surface area contributed by atoms with Crippen LogP contribution in [0.2, 0.25) is 0 Å². The normalized spacial score (nSPS) is 19.3. The summed E-state index contributed by atoms with van der Waals surface area (Å²) in [6, 6.07) is 0. The Morgan fingerprint density at radius 1 is 1.54 bits per heavy atom. The van der Waals surface area contributed by atoms with E-state index in [1.807, 2.05) is 26.8 Å². The predicted octanol–water partition coefficient (Wildman–Crippen LogP) is 1.61. The average Bonchev–Trinajstić information content (AvgIpc) is 1.93. The third kappa shape index (κ3) is 2.56. The van der Waals surface area contributed by atoms with Gasteiger partial charge in [-0.1, -0.05) is 6.08 Å². The molecule has 0 saturated carbocycles. The third-order valence-corrected chi connectivity index (χ3v) is 2.03. The lowest BCUT2D eigenvalue weighted by Gasteiger charge is -2.36. The zero-order valence-electron chi connectivity index (χ0n) is 8.54. The van der Waals surface area contributed by atoms with Crippen molar-refractivity contribution in [2.24, 2.45) is 11.3 Å². The Bertz CT molecular complexity index is 211. The van der Waals surface area contributed by atoms with E-state index in [2.05, 4.69) is 6.58 Å². The second kappa shape index (κ2) is 3.50. The number of rotatable bonds is 2. The van der Waals surface area contributed by atoms with Crippen molar-refractivity contribution in [2.45, 2.75) is 20.8 Å². The van der Waals surface area contributed by atoms with Crippen LogP contribution in [-0.2, 0) is 9.63 Å². The minimum Gasteiger partial charge on any atom is -0.367 e. The maximum atomic E-state index is 11.4. The molecule has 0 unspecified atom stereocenters. The van der Waals surface area contributed by atoms with Gasteiger partial charge < -0.3 is 4.84 Å². The van der Waals surface area contributed by atoms with Crippen LogP contribution in [0.25, 0.3) is 0 Å². The second-order valence-electron chi connectivity index (χ2n) is 4.47. The Hall–Kier alpha value is -0.830. The molecule has 1 saturated heterocycles. The van der Waals surface area contributed by atoms with Gasteiger partial charge in [-0.2, -0.15) is 0 Å². The molecule has 0 spiro atoms. The van der Waals surface area contributed by atoms with E-state index < -0.39 is 5.41 Å². The smallest absolute Gasteiger partial charge is 0.330 e. The molecular formula is C10H17NO2. The van der Waals surface area contributed by atoms with Gasteiger partial charge in [0.25, 0.3) is 0 Å². The molecule has 13 heavy (non-hydrogen) atoms. The number of hydrogen-bond acceptors (Lipinski definition) is 3. The Labute approximate surface area is 79.3 Å². The van der Waals surface area contributed by atoms with Gasteiger partial charge in [0.2, 0.25) is 0 Å². The Morgan fingerprint density at radius 3 is 2.46 bits per heavy atom. The molecule has 0 radical (unpaired) electrons. The van der Waals surface area contributed by atoms with Gasteiger partial charge in [0.05, 0.1) is 5.41 Å². The first-order chi connectivity index (χ1) is 5.93. The molecule has 0 N–H and O–H groups in total. The fourth-order valence-corrected chi connectivity index (χ4v) is 0.947. The van der Waals surface area contributed by atoms with Crippen LogP contribution in [0.5, 0.6) is 0 Å². The third-order valence-electron chi connectivity index (χ3n) is 2.03. The average molecular weight is 183 g/mol.